The smallest absolute Gasteiger partial charge is 0.356 e. The van der Waals surface area contributed by atoms with Crippen LogP contribution in [0.25, 0.3) is 16.2 Å². The van der Waals surface area contributed by atoms with E-state index in [-0.39, 0.29) is 5.69 Å². The van der Waals surface area contributed by atoms with Crippen LogP contribution in [-0.4, -0.2) is 27.6 Å². The number of benzene rings is 1. The summed E-state index contributed by atoms with van der Waals surface area (Å²) in [5, 5.41) is 11.4. The molecule has 0 unspecified atom stereocenters. The van der Waals surface area contributed by atoms with Gasteiger partial charge in [-0.05, 0) is 18.2 Å². The molecule has 0 aliphatic heterocycles. The van der Waals surface area contributed by atoms with Crippen molar-refractivity contribution >= 4 is 33.9 Å². The number of hydrogen-bond donors (Lipinski definition) is 1. The molecule has 0 atom stereocenters. The van der Waals surface area contributed by atoms with Crippen LogP contribution in [0, 0.1) is 0 Å². The number of nitrogens with zero attached hydrogens (tertiary/aromatic N) is 2. The number of rotatable bonds is 3. The quantitative estimate of drug-likeness (QED) is 0.805. The van der Waals surface area contributed by atoms with E-state index in [1.807, 2.05) is 11.4 Å². The van der Waals surface area contributed by atoms with Crippen LogP contribution in [0.1, 0.15) is 10.5 Å². The zero-order valence-electron chi connectivity index (χ0n) is 10.3. The van der Waals surface area contributed by atoms with Crippen LogP contribution >= 0.6 is 22.9 Å². The zero-order valence-corrected chi connectivity index (χ0v) is 11.9. The summed E-state index contributed by atoms with van der Waals surface area (Å²) in [5.41, 5.74) is 1.62. The fraction of sp³-hybridized carbons (Fsp3) is 0.0769. The summed E-state index contributed by atoms with van der Waals surface area (Å²) in [6, 6.07) is 5.36. The van der Waals surface area contributed by atoms with E-state index in [1.165, 1.54) is 17.5 Å². The van der Waals surface area contributed by atoms with E-state index in [0.717, 1.165) is 11.3 Å². The van der Waals surface area contributed by atoms with Gasteiger partial charge in [-0.15, -0.1) is 11.3 Å². The highest BCUT2D eigenvalue weighted by atomic mass is 35.5. The third-order valence-electron chi connectivity index (χ3n) is 2.88. The van der Waals surface area contributed by atoms with E-state index in [9.17, 15) is 4.79 Å². The van der Waals surface area contributed by atoms with Gasteiger partial charge in [0.1, 0.15) is 5.75 Å². The van der Waals surface area contributed by atoms with Crippen LogP contribution in [0.15, 0.2) is 29.8 Å². The lowest BCUT2D eigenvalue weighted by atomic mass is 10.1. The Balaban J connectivity index is 2.16. The number of thiazole rings is 1. The van der Waals surface area contributed by atoms with Crippen molar-refractivity contribution in [1.29, 1.82) is 0 Å². The Labute approximate surface area is 123 Å². The van der Waals surface area contributed by atoms with Crippen molar-refractivity contribution < 1.29 is 14.6 Å². The minimum Gasteiger partial charge on any atom is -0.497 e. The lowest BCUT2D eigenvalue weighted by molar-refractivity contribution is 0.0691. The highest BCUT2D eigenvalue weighted by Gasteiger charge is 2.15. The number of aromatic nitrogens is 2. The standard InChI is InChI=1S/C13H9ClN2O3S/c1-19-7-2-3-8(9(14)4-7)11-6-20-13-15-10(12(17)18)5-16(11)13/h2-6H,1H3,(H,17,18). The Morgan fingerprint density at radius 1 is 1.50 bits per heavy atom. The number of ether oxygens (including phenoxy) is 1. The highest BCUT2D eigenvalue weighted by Crippen LogP contribution is 2.33. The third kappa shape index (κ3) is 2.03. The number of carboxylic acid groups (broad SMARTS) is 1. The number of halogens is 1. The van der Waals surface area contributed by atoms with Crippen LogP contribution in [0.4, 0.5) is 0 Å². The van der Waals surface area contributed by atoms with Gasteiger partial charge in [0.05, 0.1) is 17.8 Å². The minimum absolute atomic E-state index is 0.0164. The molecule has 1 aromatic carbocycles. The van der Waals surface area contributed by atoms with Crippen molar-refractivity contribution in [3.8, 4) is 17.0 Å². The number of imidazole rings is 1. The average Bonchev–Trinajstić information content (AvgIpc) is 2.99. The van der Waals surface area contributed by atoms with Crippen LogP contribution in [0.2, 0.25) is 5.02 Å². The van der Waals surface area contributed by atoms with Crippen molar-refractivity contribution in [3.63, 3.8) is 0 Å². The van der Waals surface area contributed by atoms with Gasteiger partial charge < -0.3 is 9.84 Å². The van der Waals surface area contributed by atoms with Gasteiger partial charge >= 0.3 is 5.97 Å². The summed E-state index contributed by atoms with van der Waals surface area (Å²) >= 11 is 7.61. The van der Waals surface area contributed by atoms with Gasteiger partial charge in [-0.2, -0.15) is 0 Å². The average molecular weight is 309 g/mol. The molecule has 2 heterocycles. The molecule has 0 saturated carbocycles. The molecule has 2 aromatic heterocycles. The minimum atomic E-state index is -1.05. The molecule has 0 fully saturated rings. The Kier molecular flexibility index (Phi) is 3.11. The van der Waals surface area contributed by atoms with E-state index in [2.05, 4.69) is 4.98 Å². The second kappa shape index (κ2) is 4.81. The molecule has 1 N–H and O–H groups in total. The maximum Gasteiger partial charge on any atom is 0.356 e. The van der Waals surface area contributed by atoms with Gasteiger partial charge in [0.2, 0.25) is 0 Å². The SMILES string of the molecule is COc1ccc(-c2csc3nc(C(=O)O)cn23)c(Cl)c1. The first kappa shape index (κ1) is 13.0. The molecule has 102 valence electrons. The van der Waals surface area contributed by atoms with Gasteiger partial charge in [0, 0.05) is 17.1 Å². The van der Waals surface area contributed by atoms with Gasteiger partial charge in [0.25, 0.3) is 0 Å². The third-order valence-corrected chi connectivity index (χ3v) is 4.03. The first-order valence-electron chi connectivity index (χ1n) is 5.64. The number of hydrogen-bond acceptors (Lipinski definition) is 4. The van der Waals surface area contributed by atoms with Crippen molar-refractivity contribution in [1.82, 2.24) is 9.38 Å². The molecule has 0 bridgehead atoms. The van der Waals surface area contributed by atoms with Gasteiger partial charge in [0.15, 0.2) is 10.7 Å². The summed E-state index contributed by atoms with van der Waals surface area (Å²) < 4.78 is 6.84. The molecule has 0 aliphatic carbocycles. The van der Waals surface area contributed by atoms with Crippen molar-refractivity contribution in [2.45, 2.75) is 0 Å². The monoisotopic (exact) mass is 308 g/mol. The maximum atomic E-state index is 11.0. The Morgan fingerprint density at radius 3 is 2.95 bits per heavy atom. The molecule has 3 rings (SSSR count). The van der Waals surface area contributed by atoms with E-state index < -0.39 is 5.97 Å². The van der Waals surface area contributed by atoms with Crippen LogP contribution < -0.4 is 4.74 Å². The second-order valence-electron chi connectivity index (χ2n) is 4.05. The molecule has 5 nitrogen and oxygen atoms in total. The summed E-state index contributed by atoms with van der Waals surface area (Å²) in [6.45, 7) is 0. The zero-order chi connectivity index (χ0) is 14.3. The van der Waals surface area contributed by atoms with Crippen molar-refractivity contribution in [2.75, 3.05) is 7.11 Å². The van der Waals surface area contributed by atoms with Gasteiger partial charge in [-0.1, -0.05) is 11.6 Å². The summed E-state index contributed by atoms with van der Waals surface area (Å²) in [5.74, 6) is -0.380. The fourth-order valence-corrected chi connectivity index (χ4v) is 3.05. The lowest BCUT2D eigenvalue weighted by Gasteiger charge is -2.05. The number of aromatic carboxylic acids is 1. The van der Waals surface area contributed by atoms with E-state index >= 15 is 0 Å². The molecule has 0 aliphatic rings. The molecule has 7 heteroatoms. The van der Waals surface area contributed by atoms with E-state index in [1.54, 1.807) is 23.6 Å². The Hall–Kier alpha value is -2.05. The highest BCUT2D eigenvalue weighted by molar-refractivity contribution is 7.15. The first-order valence-corrected chi connectivity index (χ1v) is 6.89. The van der Waals surface area contributed by atoms with Crippen molar-refractivity contribution in [3.05, 3.63) is 40.5 Å². The molecule has 0 amide bonds. The topological polar surface area (TPSA) is 63.8 Å². The van der Waals surface area contributed by atoms with Crippen LogP contribution in [0.3, 0.4) is 0 Å². The summed E-state index contributed by atoms with van der Waals surface area (Å²) in [7, 11) is 1.57. The molecule has 0 saturated heterocycles. The Bertz CT molecular complexity index is 809. The summed E-state index contributed by atoms with van der Waals surface area (Å²) in [6.07, 6.45) is 1.49. The molecule has 0 radical (unpaired) electrons. The number of methoxy groups -OCH3 is 1. The maximum absolute atomic E-state index is 11.0. The molecule has 0 spiro atoms. The van der Waals surface area contributed by atoms with E-state index in [4.69, 9.17) is 21.4 Å². The molecular formula is C13H9ClN2O3S. The predicted molar refractivity (Wildman–Crippen MR) is 77.0 cm³/mol. The van der Waals surface area contributed by atoms with Crippen LogP contribution in [0.5, 0.6) is 5.75 Å². The molecular weight excluding hydrogens is 300 g/mol. The Morgan fingerprint density at radius 2 is 2.30 bits per heavy atom. The lowest BCUT2D eigenvalue weighted by Crippen LogP contribution is -1.95. The van der Waals surface area contributed by atoms with Gasteiger partial charge in [-0.25, -0.2) is 9.78 Å². The second-order valence-corrected chi connectivity index (χ2v) is 5.29. The normalized spacial score (nSPS) is 10.9. The van der Waals surface area contributed by atoms with E-state index in [0.29, 0.717) is 15.7 Å². The van der Waals surface area contributed by atoms with Crippen LogP contribution in [-0.2, 0) is 0 Å². The number of carbonyl (C=O) groups is 1. The number of fused-ring (bicyclic) bond motifs is 1. The number of carboxylic acids is 1. The van der Waals surface area contributed by atoms with Gasteiger partial charge in [-0.3, -0.25) is 4.40 Å². The fourth-order valence-electron chi connectivity index (χ4n) is 1.91. The molecule has 3 aromatic rings. The predicted octanol–water partition coefficient (Wildman–Crippen LogP) is 3.42. The van der Waals surface area contributed by atoms with Crippen molar-refractivity contribution in [2.24, 2.45) is 0 Å². The summed E-state index contributed by atoms with van der Waals surface area (Å²) in [4.78, 5) is 15.6. The largest absolute Gasteiger partial charge is 0.497 e. The first-order chi connectivity index (χ1) is 9.60. The molecule has 20 heavy (non-hydrogen) atoms.